The Bertz CT molecular complexity index is 367. The van der Waals surface area contributed by atoms with E-state index in [0.29, 0.717) is 5.02 Å². The molecule has 0 spiro atoms. The molecule has 1 saturated heterocycles. The first kappa shape index (κ1) is 12.5. The molecule has 0 atom stereocenters. The maximum atomic E-state index is 5.92. The minimum absolute atomic E-state index is 0.702. The first-order valence-corrected chi connectivity index (χ1v) is 6.22. The predicted molar refractivity (Wildman–Crippen MR) is 71.6 cm³/mol. The van der Waals surface area contributed by atoms with Crippen LogP contribution in [0.25, 0.3) is 0 Å². The lowest BCUT2D eigenvalue weighted by Gasteiger charge is -2.26. The van der Waals surface area contributed by atoms with Crippen molar-refractivity contribution < 1.29 is 4.74 Å². The molecule has 1 fully saturated rings. The van der Waals surface area contributed by atoms with Gasteiger partial charge < -0.3 is 15.8 Å². The highest BCUT2D eigenvalue weighted by Crippen LogP contribution is 2.22. The molecule has 1 aromatic carbocycles. The van der Waals surface area contributed by atoms with E-state index in [0.717, 1.165) is 50.8 Å². The Morgan fingerprint density at radius 1 is 1.35 bits per heavy atom. The number of halogens is 1. The average Bonchev–Trinajstić information content (AvgIpc) is 2.35. The average molecular weight is 256 g/mol. The molecule has 0 saturated carbocycles. The minimum atomic E-state index is 0.702. The van der Waals surface area contributed by atoms with Gasteiger partial charge in [-0.15, -0.1) is 0 Å². The van der Waals surface area contributed by atoms with E-state index in [9.17, 15) is 0 Å². The zero-order chi connectivity index (χ0) is 12.1. The lowest BCUT2D eigenvalue weighted by atomic mass is 10.2. The van der Waals surface area contributed by atoms with Gasteiger partial charge in [-0.25, -0.2) is 0 Å². The highest BCUT2D eigenvalue weighted by molar-refractivity contribution is 6.31. The van der Waals surface area contributed by atoms with Crippen molar-refractivity contribution in [3.63, 3.8) is 0 Å². The Kier molecular flexibility index (Phi) is 4.48. The number of nitrogens with zero attached hydrogens (tertiary/aromatic N) is 1. The zero-order valence-electron chi connectivity index (χ0n) is 9.79. The molecule has 0 bridgehead atoms. The van der Waals surface area contributed by atoms with Gasteiger partial charge in [-0.2, -0.15) is 0 Å². The molecule has 1 aliphatic heterocycles. The van der Waals surface area contributed by atoms with E-state index in [4.69, 9.17) is 22.1 Å². The van der Waals surface area contributed by atoms with E-state index >= 15 is 0 Å². The zero-order valence-corrected chi connectivity index (χ0v) is 10.5. The number of anilines is 2. The second kappa shape index (κ2) is 6.10. The molecule has 5 heteroatoms. The number of rotatable bonds is 4. The fourth-order valence-corrected chi connectivity index (χ4v) is 2.03. The summed E-state index contributed by atoms with van der Waals surface area (Å²) in [4.78, 5) is 2.37. The van der Waals surface area contributed by atoms with Crippen LogP contribution in [-0.4, -0.2) is 44.3 Å². The van der Waals surface area contributed by atoms with Crippen molar-refractivity contribution in [2.75, 3.05) is 50.4 Å². The van der Waals surface area contributed by atoms with Crippen LogP contribution in [-0.2, 0) is 4.74 Å². The van der Waals surface area contributed by atoms with Crippen LogP contribution >= 0.6 is 11.6 Å². The Morgan fingerprint density at radius 2 is 2.12 bits per heavy atom. The van der Waals surface area contributed by atoms with Crippen LogP contribution in [0.1, 0.15) is 0 Å². The number of hydrogen-bond donors (Lipinski definition) is 2. The lowest BCUT2D eigenvalue weighted by molar-refractivity contribution is 0.0398. The lowest BCUT2D eigenvalue weighted by Crippen LogP contribution is -2.39. The summed E-state index contributed by atoms with van der Waals surface area (Å²) in [6.45, 7) is 5.54. The summed E-state index contributed by atoms with van der Waals surface area (Å²) in [6, 6.07) is 5.47. The minimum Gasteiger partial charge on any atom is -0.397 e. The number of ether oxygens (including phenoxy) is 1. The molecule has 3 N–H and O–H groups in total. The fourth-order valence-electron chi connectivity index (χ4n) is 1.86. The van der Waals surface area contributed by atoms with E-state index in [1.54, 1.807) is 6.07 Å². The summed E-state index contributed by atoms with van der Waals surface area (Å²) in [5, 5.41) is 4.01. The molecule has 2 rings (SSSR count). The van der Waals surface area contributed by atoms with Gasteiger partial charge in [0, 0.05) is 31.2 Å². The van der Waals surface area contributed by atoms with Gasteiger partial charge in [0.25, 0.3) is 0 Å². The van der Waals surface area contributed by atoms with Crippen LogP contribution in [0.3, 0.4) is 0 Å². The third-order valence-electron chi connectivity index (χ3n) is 2.86. The largest absolute Gasteiger partial charge is 0.397 e. The molecule has 1 aliphatic rings. The standard InChI is InChI=1S/C12H18ClN3O/c13-10-1-2-11(14)12(9-10)15-3-4-16-5-7-17-8-6-16/h1-2,9,15H,3-8,14H2. The van der Waals surface area contributed by atoms with E-state index in [1.807, 2.05) is 12.1 Å². The molecule has 0 amide bonds. The van der Waals surface area contributed by atoms with Crippen molar-refractivity contribution in [2.24, 2.45) is 0 Å². The number of nitrogens with two attached hydrogens (primary N) is 1. The predicted octanol–water partition coefficient (Wildman–Crippen LogP) is 1.67. The van der Waals surface area contributed by atoms with Crippen LogP contribution in [0.4, 0.5) is 11.4 Å². The van der Waals surface area contributed by atoms with Gasteiger partial charge >= 0.3 is 0 Å². The van der Waals surface area contributed by atoms with Gasteiger partial charge in [0.2, 0.25) is 0 Å². The van der Waals surface area contributed by atoms with Crippen molar-refractivity contribution in [3.8, 4) is 0 Å². The summed E-state index contributed by atoms with van der Waals surface area (Å²) in [5.41, 5.74) is 7.49. The molecule has 94 valence electrons. The first-order chi connectivity index (χ1) is 8.25. The first-order valence-electron chi connectivity index (χ1n) is 5.85. The van der Waals surface area contributed by atoms with E-state index in [-0.39, 0.29) is 0 Å². The highest BCUT2D eigenvalue weighted by Gasteiger charge is 2.09. The van der Waals surface area contributed by atoms with E-state index in [1.165, 1.54) is 0 Å². The van der Waals surface area contributed by atoms with Gasteiger partial charge in [0.05, 0.1) is 24.6 Å². The normalized spacial score (nSPS) is 17.0. The maximum Gasteiger partial charge on any atom is 0.0594 e. The smallest absolute Gasteiger partial charge is 0.0594 e. The Labute approximate surface area is 107 Å². The molecule has 0 radical (unpaired) electrons. The molecule has 0 aromatic heterocycles. The molecule has 1 aromatic rings. The van der Waals surface area contributed by atoms with Crippen molar-refractivity contribution >= 4 is 23.0 Å². The van der Waals surface area contributed by atoms with Gasteiger partial charge in [0.1, 0.15) is 0 Å². The Hall–Kier alpha value is -0.970. The Morgan fingerprint density at radius 3 is 2.88 bits per heavy atom. The van der Waals surface area contributed by atoms with Gasteiger partial charge in [-0.1, -0.05) is 11.6 Å². The molecule has 0 aliphatic carbocycles. The van der Waals surface area contributed by atoms with E-state index in [2.05, 4.69) is 10.2 Å². The molecule has 4 nitrogen and oxygen atoms in total. The van der Waals surface area contributed by atoms with E-state index < -0.39 is 0 Å². The second-order valence-corrected chi connectivity index (χ2v) is 4.55. The maximum absolute atomic E-state index is 5.92. The monoisotopic (exact) mass is 255 g/mol. The molecular formula is C12H18ClN3O. The molecule has 1 heterocycles. The van der Waals surface area contributed by atoms with Crippen LogP contribution in [0.5, 0.6) is 0 Å². The summed E-state index contributed by atoms with van der Waals surface area (Å²) >= 11 is 5.92. The van der Waals surface area contributed by atoms with Crippen LogP contribution in [0, 0.1) is 0 Å². The summed E-state index contributed by atoms with van der Waals surface area (Å²) in [6.07, 6.45) is 0. The molecule has 17 heavy (non-hydrogen) atoms. The third-order valence-corrected chi connectivity index (χ3v) is 3.10. The summed E-state index contributed by atoms with van der Waals surface area (Å²) in [5.74, 6) is 0. The van der Waals surface area contributed by atoms with Crippen molar-refractivity contribution in [1.29, 1.82) is 0 Å². The van der Waals surface area contributed by atoms with Gasteiger partial charge in [-0.05, 0) is 18.2 Å². The second-order valence-electron chi connectivity index (χ2n) is 4.11. The van der Waals surface area contributed by atoms with Crippen molar-refractivity contribution in [2.45, 2.75) is 0 Å². The summed E-state index contributed by atoms with van der Waals surface area (Å²) in [7, 11) is 0. The summed E-state index contributed by atoms with van der Waals surface area (Å²) < 4.78 is 5.30. The Balaban J connectivity index is 1.79. The highest BCUT2D eigenvalue weighted by atomic mass is 35.5. The van der Waals surface area contributed by atoms with Crippen molar-refractivity contribution in [3.05, 3.63) is 23.2 Å². The van der Waals surface area contributed by atoms with Crippen LogP contribution < -0.4 is 11.1 Å². The van der Waals surface area contributed by atoms with Gasteiger partial charge in [0.15, 0.2) is 0 Å². The number of nitrogen functional groups attached to an aromatic ring is 1. The SMILES string of the molecule is Nc1ccc(Cl)cc1NCCN1CCOCC1. The third kappa shape index (κ3) is 3.77. The van der Waals surface area contributed by atoms with Crippen LogP contribution in [0.15, 0.2) is 18.2 Å². The topological polar surface area (TPSA) is 50.5 Å². The quantitative estimate of drug-likeness (QED) is 0.804. The number of benzene rings is 1. The van der Waals surface area contributed by atoms with Gasteiger partial charge in [-0.3, -0.25) is 4.90 Å². The molecular weight excluding hydrogens is 238 g/mol. The van der Waals surface area contributed by atoms with Crippen LogP contribution in [0.2, 0.25) is 5.02 Å². The number of morpholine rings is 1. The fraction of sp³-hybridized carbons (Fsp3) is 0.500. The number of nitrogens with one attached hydrogen (secondary N) is 1. The number of hydrogen-bond acceptors (Lipinski definition) is 4. The molecule has 0 unspecified atom stereocenters. The van der Waals surface area contributed by atoms with Crippen molar-refractivity contribution in [1.82, 2.24) is 4.90 Å².